The van der Waals surface area contributed by atoms with E-state index < -0.39 is 11.2 Å². The molecule has 7 heteroatoms. The Bertz CT molecular complexity index is 1020. The first-order chi connectivity index (χ1) is 13.1. The fourth-order valence-corrected chi connectivity index (χ4v) is 4.44. The van der Waals surface area contributed by atoms with Crippen LogP contribution in [0.2, 0.25) is 0 Å². The van der Waals surface area contributed by atoms with Crippen LogP contribution in [0, 0.1) is 0 Å². The number of hydrogen-bond acceptors (Lipinski definition) is 4. The van der Waals surface area contributed by atoms with E-state index in [9.17, 15) is 9.35 Å². The Labute approximate surface area is 161 Å². The van der Waals surface area contributed by atoms with Crippen LogP contribution >= 0.6 is 0 Å². The third-order valence-corrected chi connectivity index (χ3v) is 6.41. The molecule has 0 spiro atoms. The molecule has 0 radical (unpaired) electrons. The zero-order valence-corrected chi connectivity index (χ0v) is 16.4. The number of aryl methyl sites for hydroxylation is 1. The first-order valence-electron chi connectivity index (χ1n) is 9.29. The number of nitrogens with zero attached hydrogens (tertiary/aromatic N) is 3. The smallest absolute Gasteiger partial charge is 0.276 e. The van der Waals surface area contributed by atoms with Crippen LogP contribution in [0.4, 0.5) is 0 Å². The van der Waals surface area contributed by atoms with Gasteiger partial charge in [-0.3, -0.25) is 9.20 Å². The monoisotopic (exact) mass is 385 g/mol. The summed E-state index contributed by atoms with van der Waals surface area (Å²) in [5, 5.41) is 0. The summed E-state index contributed by atoms with van der Waals surface area (Å²) in [5.74, 6) is 1.31. The number of benzene rings is 1. The van der Waals surface area contributed by atoms with Gasteiger partial charge in [-0.25, -0.2) is 4.98 Å². The largest absolute Gasteiger partial charge is 0.611 e. The second kappa shape index (κ2) is 7.40. The molecule has 1 fully saturated rings. The molecular weight excluding hydrogens is 362 g/mol. The van der Waals surface area contributed by atoms with Crippen LogP contribution in [0.25, 0.3) is 16.8 Å². The number of hydrogen-bond donors (Lipinski definition) is 0. The molecule has 4 rings (SSSR count). The lowest BCUT2D eigenvalue weighted by Crippen LogP contribution is -2.19. The SMILES string of the molecule is CC[S+]([O-])c1ccc(OC2CCCC2)c(-c2cn(C)c(=O)c3cncn23)c1. The highest BCUT2D eigenvalue weighted by molar-refractivity contribution is 7.91. The van der Waals surface area contributed by atoms with Crippen LogP contribution in [0.15, 0.2) is 46.6 Å². The fraction of sp³-hybridized carbons (Fsp3) is 0.400. The van der Waals surface area contributed by atoms with Crippen molar-refractivity contribution in [1.29, 1.82) is 0 Å². The van der Waals surface area contributed by atoms with Gasteiger partial charge in [-0.15, -0.1) is 0 Å². The Morgan fingerprint density at radius 3 is 2.85 bits per heavy atom. The van der Waals surface area contributed by atoms with Gasteiger partial charge in [-0.05, 0) is 55.9 Å². The Balaban J connectivity index is 1.90. The molecule has 0 amide bonds. The highest BCUT2D eigenvalue weighted by Gasteiger charge is 2.22. The number of ether oxygens (including phenoxy) is 1. The van der Waals surface area contributed by atoms with Crippen molar-refractivity contribution < 1.29 is 9.29 Å². The third-order valence-electron chi connectivity index (χ3n) is 5.10. The second-order valence-electron chi connectivity index (χ2n) is 6.90. The maximum atomic E-state index is 12.4. The lowest BCUT2D eigenvalue weighted by molar-refractivity contribution is 0.211. The fourth-order valence-electron chi connectivity index (χ4n) is 3.64. The average Bonchev–Trinajstić information content (AvgIpc) is 3.36. The Morgan fingerprint density at radius 2 is 2.11 bits per heavy atom. The first-order valence-corrected chi connectivity index (χ1v) is 10.6. The van der Waals surface area contributed by atoms with E-state index in [1.807, 2.05) is 25.1 Å². The summed E-state index contributed by atoms with van der Waals surface area (Å²) in [4.78, 5) is 17.3. The van der Waals surface area contributed by atoms with Crippen molar-refractivity contribution in [2.24, 2.45) is 7.05 Å². The predicted octanol–water partition coefficient (Wildman–Crippen LogP) is 3.15. The normalized spacial score (nSPS) is 16.1. The number of fused-ring (bicyclic) bond motifs is 1. The molecule has 0 N–H and O–H groups in total. The van der Waals surface area contributed by atoms with E-state index in [1.54, 1.807) is 34.7 Å². The van der Waals surface area contributed by atoms with Gasteiger partial charge in [0.1, 0.15) is 17.0 Å². The van der Waals surface area contributed by atoms with E-state index in [0.29, 0.717) is 11.3 Å². The molecule has 142 valence electrons. The number of aromatic nitrogens is 3. The number of imidazole rings is 1. The summed E-state index contributed by atoms with van der Waals surface area (Å²) in [5.41, 5.74) is 2.03. The minimum atomic E-state index is -1.07. The van der Waals surface area contributed by atoms with Gasteiger partial charge in [-0.1, -0.05) is 0 Å². The summed E-state index contributed by atoms with van der Waals surface area (Å²) in [7, 11) is 1.73. The van der Waals surface area contributed by atoms with Gasteiger partial charge in [0.25, 0.3) is 5.56 Å². The summed E-state index contributed by atoms with van der Waals surface area (Å²) in [6.07, 6.45) is 9.66. The minimum Gasteiger partial charge on any atom is -0.611 e. The van der Waals surface area contributed by atoms with Crippen LogP contribution < -0.4 is 10.3 Å². The molecule has 1 aliphatic rings. The van der Waals surface area contributed by atoms with Crippen molar-refractivity contribution in [1.82, 2.24) is 14.0 Å². The highest BCUT2D eigenvalue weighted by atomic mass is 32.2. The summed E-state index contributed by atoms with van der Waals surface area (Å²) >= 11 is -1.07. The predicted molar refractivity (Wildman–Crippen MR) is 106 cm³/mol. The minimum absolute atomic E-state index is 0.109. The van der Waals surface area contributed by atoms with Crippen molar-refractivity contribution in [3.8, 4) is 17.0 Å². The van der Waals surface area contributed by atoms with Gasteiger partial charge in [0.2, 0.25) is 0 Å². The lowest BCUT2D eigenvalue weighted by Gasteiger charge is -2.19. The molecule has 0 bridgehead atoms. The quantitative estimate of drug-likeness (QED) is 0.633. The molecule has 1 atom stereocenters. The van der Waals surface area contributed by atoms with Gasteiger partial charge in [0, 0.05) is 24.9 Å². The molecule has 3 aromatic rings. The molecule has 27 heavy (non-hydrogen) atoms. The van der Waals surface area contributed by atoms with Crippen LogP contribution in [-0.2, 0) is 18.2 Å². The van der Waals surface area contributed by atoms with Crippen molar-refractivity contribution in [3.05, 3.63) is 47.3 Å². The molecule has 6 nitrogen and oxygen atoms in total. The van der Waals surface area contributed by atoms with E-state index in [4.69, 9.17) is 4.74 Å². The molecule has 2 aromatic heterocycles. The molecule has 1 unspecified atom stereocenters. The lowest BCUT2D eigenvalue weighted by atomic mass is 10.1. The Morgan fingerprint density at radius 1 is 1.33 bits per heavy atom. The average molecular weight is 385 g/mol. The van der Waals surface area contributed by atoms with E-state index >= 15 is 0 Å². The highest BCUT2D eigenvalue weighted by Crippen LogP contribution is 2.35. The van der Waals surface area contributed by atoms with Gasteiger partial charge < -0.3 is 13.9 Å². The standard InChI is InChI=1S/C20H23N3O3S/c1-3-27(25)15-8-9-19(26-14-6-4-5-7-14)16(10-15)18-12-22(2)20(24)17-11-21-13-23(17)18/h8-14H,3-7H2,1-2H3. The molecule has 0 saturated heterocycles. The number of rotatable bonds is 5. The molecule has 0 aliphatic heterocycles. The van der Waals surface area contributed by atoms with Gasteiger partial charge in [0.05, 0.1) is 24.3 Å². The summed E-state index contributed by atoms with van der Waals surface area (Å²) in [6, 6.07) is 5.70. The van der Waals surface area contributed by atoms with Crippen molar-refractivity contribution in [2.45, 2.75) is 43.6 Å². The van der Waals surface area contributed by atoms with Gasteiger partial charge >= 0.3 is 0 Å². The second-order valence-corrected chi connectivity index (χ2v) is 8.64. The Hall–Kier alpha value is -2.25. The zero-order chi connectivity index (χ0) is 19.0. The van der Waals surface area contributed by atoms with Crippen LogP contribution in [0.3, 0.4) is 0 Å². The van der Waals surface area contributed by atoms with E-state index in [-0.39, 0.29) is 11.7 Å². The van der Waals surface area contributed by atoms with E-state index in [0.717, 1.165) is 34.7 Å². The topological polar surface area (TPSA) is 71.6 Å². The summed E-state index contributed by atoms with van der Waals surface area (Å²) in [6.45, 7) is 1.90. The summed E-state index contributed by atoms with van der Waals surface area (Å²) < 4.78 is 22.0. The molecule has 1 saturated carbocycles. The van der Waals surface area contributed by atoms with Crippen LogP contribution in [0.5, 0.6) is 5.75 Å². The van der Waals surface area contributed by atoms with Crippen molar-refractivity contribution in [3.63, 3.8) is 0 Å². The maximum absolute atomic E-state index is 12.4. The molecule has 2 heterocycles. The van der Waals surface area contributed by atoms with E-state index in [2.05, 4.69) is 4.98 Å². The first kappa shape index (κ1) is 18.1. The van der Waals surface area contributed by atoms with Crippen molar-refractivity contribution >= 4 is 16.7 Å². The molecule has 1 aromatic carbocycles. The van der Waals surface area contributed by atoms with E-state index in [1.165, 1.54) is 12.8 Å². The maximum Gasteiger partial charge on any atom is 0.276 e. The van der Waals surface area contributed by atoms with Crippen molar-refractivity contribution in [2.75, 3.05) is 5.75 Å². The zero-order valence-electron chi connectivity index (χ0n) is 15.6. The van der Waals surface area contributed by atoms with Gasteiger partial charge in [-0.2, -0.15) is 0 Å². The third kappa shape index (κ3) is 3.37. The molecular formula is C20H23N3O3S. The van der Waals surface area contributed by atoms with Gasteiger partial charge in [0.15, 0.2) is 4.90 Å². The van der Waals surface area contributed by atoms with Crippen LogP contribution in [0.1, 0.15) is 32.6 Å². The Kier molecular flexibility index (Phi) is 4.97. The molecule has 1 aliphatic carbocycles. The van der Waals surface area contributed by atoms with Crippen LogP contribution in [-0.4, -0.2) is 30.4 Å².